The summed E-state index contributed by atoms with van der Waals surface area (Å²) in [7, 11) is 0. The van der Waals surface area contributed by atoms with Gasteiger partial charge in [0.15, 0.2) is 0 Å². The summed E-state index contributed by atoms with van der Waals surface area (Å²) in [4.78, 5) is 44.1. The molecule has 1 saturated carbocycles. The van der Waals surface area contributed by atoms with Crippen molar-refractivity contribution >= 4 is 17.7 Å². The highest BCUT2D eigenvalue weighted by Gasteiger charge is 2.49. The fourth-order valence-electron chi connectivity index (χ4n) is 6.77. The molecule has 39 heavy (non-hydrogen) atoms. The Hall–Kier alpha value is -3.15. The van der Waals surface area contributed by atoms with Gasteiger partial charge in [0.05, 0.1) is 0 Å². The smallest absolute Gasteiger partial charge is 0.247 e. The van der Waals surface area contributed by atoms with Gasteiger partial charge in [-0.15, -0.1) is 0 Å². The molecule has 5 rings (SSSR count). The van der Waals surface area contributed by atoms with Gasteiger partial charge in [-0.2, -0.15) is 0 Å². The number of nitrogens with zero attached hydrogens (tertiary/aromatic N) is 1. The lowest BCUT2D eigenvalue weighted by Gasteiger charge is -2.45. The molecule has 208 valence electrons. The summed E-state index contributed by atoms with van der Waals surface area (Å²) in [6, 6.07) is 14.1. The van der Waals surface area contributed by atoms with E-state index in [9.17, 15) is 14.4 Å². The minimum atomic E-state index is -0.839. The number of amides is 3. The van der Waals surface area contributed by atoms with Crippen LogP contribution in [0, 0.1) is 18.8 Å². The molecule has 3 amide bonds. The zero-order valence-electron chi connectivity index (χ0n) is 23.6. The van der Waals surface area contributed by atoms with Gasteiger partial charge in [-0.3, -0.25) is 14.4 Å². The van der Waals surface area contributed by atoms with Crippen molar-refractivity contribution in [2.45, 2.75) is 103 Å². The molecule has 2 fully saturated rings. The molecule has 0 aromatic heterocycles. The molecule has 2 aromatic carbocycles. The van der Waals surface area contributed by atoms with Crippen LogP contribution in [0.1, 0.15) is 87.1 Å². The minimum Gasteiger partial charge on any atom is -0.351 e. The van der Waals surface area contributed by atoms with E-state index in [0.717, 1.165) is 56.1 Å². The lowest BCUT2D eigenvalue weighted by Crippen LogP contribution is -2.67. The van der Waals surface area contributed by atoms with Crippen molar-refractivity contribution in [3.8, 4) is 0 Å². The number of piperazine rings is 1. The Morgan fingerprint density at radius 3 is 2.33 bits per heavy atom. The number of rotatable bonds is 8. The van der Waals surface area contributed by atoms with E-state index in [4.69, 9.17) is 0 Å². The van der Waals surface area contributed by atoms with E-state index in [1.165, 1.54) is 17.5 Å². The van der Waals surface area contributed by atoms with Gasteiger partial charge < -0.3 is 15.5 Å². The van der Waals surface area contributed by atoms with Crippen molar-refractivity contribution < 1.29 is 14.4 Å². The molecular weight excluding hydrogens is 486 g/mol. The highest BCUT2D eigenvalue weighted by Crippen LogP contribution is 2.35. The van der Waals surface area contributed by atoms with E-state index < -0.39 is 18.1 Å². The second-order valence-electron chi connectivity index (χ2n) is 12.3. The molecule has 0 spiro atoms. The van der Waals surface area contributed by atoms with Gasteiger partial charge in [0.2, 0.25) is 17.7 Å². The van der Waals surface area contributed by atoms with Crippen molar-refractivity contribution in [1.29, 1.82) is 0 Å². The Kier molecular flexibility index (Phi) is 8.39. The van der Waals surface area contributed by atoms with E-state index >= 15 is 0 Å². The van der Waals surface area contributed by atoms with Crippen LogP contribution in [-0.4, -0.2) is 40.7 Å². The SMILES string of the molecule is Cc1cccc(C(C(=O)NC2CCCCC2)N2C(=O)[C@@H](C3Cc4ccccc4C3)NC(=O)[C@H]2CCC(C)C)c1. The first-order chi connectivity index (χ1) is 18.8. The highest BCUT2D eigenvalue weighted by atomic mass is 16.2. The van der Waals surface area contributed by atoms with Crippen molar-refractivity contribution in [3.63, 3.8) is 0 Å². The number of carbonyl (C=O) groups is 3. The summed E-state index contributed by atoms with van der Waals surface area (Å²) in [6.45, 7) is 6.25. The number of nitrogens with one attached hydrogen (secondary N) is 2. The largest absolute Gasteiger partial charge is 0.351 e. The number of hydrogen-bond acceptors (Lipinski definition) is 3. The molecule has 2 aromatic rings. The monoisotopic (exact) mass is 529 g/mol. The van der Waals surface area contributed by atoms with Gasteiger partial charge in [-0.05, 0) is 74.0 Å². The Balaban J connectivity index is 1.51. The van der Waals surface area contributed by atoms with Crippen molar-refractivity contribution in [2.75, 3.05) is 0 Å². The minimum absolute atomic E-state index is 0.0213. The average molecular weight is 530 g/mol. The molecule has 2 aliphatic carbocycles. The summed E-state index contributed by atoms with van der Waals surface area (Å²) < 4.78 is 0. The van der Waals surface area contributed by atoms with Gasteiger partial charge in [0, 0.05) is 6.04 Å². The highest BCUT2D eigenvalue weighted by molar-refractivity contribution is 6.00. The van der Waals surface area contributed by atoms with Crippen molar-refractivity contribution in [2.24, 2.45) is 11.8 Å². The molecule has 1 heterocycles. The van der Waals surface area contributed by atoms with E-state index in [1.807, 2.05) is 43.3 Å². The molecule has 3 aliphatic rings. The second kappa shape index (κ2) is 11.9. The number of hydrogen-bond donors (Lipinski definition) is 2. The maximum absolute atomic E-state index is 14.5. The predicted octanol–water partition coefficient (Wildman–Crippen LogP) is 5.03. The van der Waals surface area contributed by atoms with Crippen LogP contribution in [0.2, 0.25) is 0 Å². The van der Waals surface area contributed by atoms with Gasteiger partial charge in [-0.25, -0.2) is 0 Å². The lowest BCUT2D eigenvalue weighted by atomic mass is 9.88. The number of aryl methyl sites for hydroxylation is 1. The fraction of sp³-hybridized carbons (Fsp3) is 0.545. The maximum atomic E-state index is 14.5. The first-order valence-electron chi connectivity index (χ1n) is 14.9. The fourth-order valence-corrected chi connectivity index (χ4v) is 6.77. The van der Waals surface area contributed by atoms with Crippen LogP contribution in [0.5, 0.6) is 0 Å². The lowest BCUT2D eigenvalue weighted by molar-refractivity contribution is -0.157. The summed E-state index contributed by atoms with van der Waals surface area (Å²) in [6.07, 6.45) is 8.15. The van der Waals surface area contributed by atoms with Crippen LogP contribution in [0.25, 0.3) is 0 Å². The molecule has 6 heteroatoms. The Bertz CT molecular complexity index is 1180. The molecule has 6 nitrogen and oxygen atoms in total. The summed E-state index contributed by atoms with van der Waals surface area (Å²) in [5.41, 5.74) is 4.28. The molecule has 1 saturated heterocycles. The zero-order valence-corrected chi connectivity index (χ0v) is 23.6. The number of carbonyl (C=O) groups excluding carboxylic acids is 3. The Morgan fingerprint density at radius 2 is 1.69 bits per heavy atom. The first-order valence-corrected chi connectivity index (χ1v) is 14.9. The number of fused-ring (bicyclic) bond motifs is 1. The predicted molar refractivity (Wildman–Crippen MR) is 153 cm³/mol. The summed E-state index contributed by atoms with van der Waals surface area (Å²) in [5.74, 6) is -0.0819. The van der Waals surface area contributed by atoms with Crippen LogP contribution in [0.15, 0.2) is 48.5 Å². The molecular formula is C33H43N3O3. The number of benzene rings is 2. The Labute approximate surface area is 232 Å². The van der Waals surface area contributed by atoms with Gasteiger partial charge in [0.25, 0.3) is 0 Å². The van der Waals surface area contributed by atoms with E-state index in [1.54, 1.807) is 4.90 Å². The first kappa shape index (κ1) is 27.4. The van der Waals surface area contributed by atoms with Crippen molar-refractivity contribution in [1.82, 2.24) is 15.5 Å². The average Bonchev–Trinajstić information content (AvgIpc) is 3.35. The van der Waals surface area contributed by atoms with Crippen LogP contribution in [-0.2, 0) is 27.2 Å². The molecule has 0 radical (unpaired) electrons. The van der Waals surface area contributed by atoms with Crippen LogP contribution in [0.4, 0.5) is 0 Å². The summed E-state index contributed by atoms with van der Waals surface area (Å²) >= 11 is 0. The third-order valence-electron chi connectivity index (χ3n) is 8.86. The summed E-state index contributed by atoms with van der Waals surface area (Å²) in [5, 5.41) is 6.41. The molecule has 2 N–H and O–H groups in total. The van der Waals surface area contributed by atoms with Gasteiger partial charge in [-0.1, -0.05) is 87.2 Å². The third-order valence-corrected chi connectivity index (χ3v) is 8.86. The Morgan fingerprint density at radius 1 is 1.00 bits per heavy atom. The quantitative estimate of drug-likeness (QED) is 0.503. The van der Waals surface area contributed by atoms with Gasteiger partial charge in [0.1, 0.15) is 18.1 Å². The van der Waals surface area contributed by atoms with Crippen LogP contribution >= 0.6 is 0 Å². The molecule has 1 aliphatic heterocycles. The van der Waals surface area contributed by atoms with E-state index in [2.05, 4.69) is 36.6 Å². The zero-order chi connectivity index (χ0) is 27.5. The van der Waals surface area contributed by atoms with Crippen LogP contribution < -0.4 is 10.6 Å². The molecule has 0 bridgehead atoms. The van der Waals surface area contributed by atoms with E-state index in [-0.39, 0.29) is 29.7 Å². The topological polar surface area (TPSA) is 78.5 Å². The molecule has 3 atom stereocenters. The second-order valence-corrected chi connectivity index (χ2v) is 12.3. The third kappa shape index (κ3) is 6.05. The van der Waals surface area contributed by atoms with Gasteiger partial charge >= 0.3 is 0 Å². The van der Waals surface area contributed by atoms with Crippen molar-refractivity contribution in [3.05, 3.63) is 70.8 Å². The maximum Gasteiger partial charge on any atom is 0.247 e. The standard InChI is InChI=1S/C33H43N3O3/c1-21(2)16-17-28-31(37)35-29(26-19-23-11-7-8-12-24(23)20-26)33(39)36(28)30(25-13-9-10-22(3)18-25)32(38)34-27-14-5-4-6-15-27/h7-13,18,21,26-30H,4-6,14-17,19-20H2,1-3H3,(H,34,38)(H,35,37)/t28-,29-,30?/m1/s1. The van der Waals surface area contributed by atoms with Crippen LogP contribution in [0.3, 0.4) is 0 Å². The normalized spacial score (nSPS) is 23.0. The molecule has 1 unspecified atom stereocenters. The van der Waals surface area contributed by atoms with E-state index in [0.29, 0.717) is 12.3 Å².